The summed E-state index contributed by atoms with van der Waals surface area (Å²) in [4.78, 5) is 11.7. The summed E-state index contributed by atoms with van der Waals surface area (Å²) in [6.07, 6.45) is 6.38. The van der Waals surface area contributed by atoms with Gasteiger partial charge in [0.1, 0.15) is 0 Å². The molecule has 1 amide bonds. The van der Waals surface area contributed by atoms with Gasteiger partial charge >= 0.3 is 0 Å². The van der Waals surface area contributed by atoms with E-state index in [4.69, 9.17) is 5.73 Å². The molecule has 3 N–H and O–H groups in total. The molecule has 0 heterocycles. The molecule has 0 saturated heterocycles. The Labute approximate surface area is 128 Å². The van der Waals surface area contributed by atoms with Crippen molar-refractivity contribution >= 4 is 11.6 Å². The zero-order valence-electron chi connectivity index (χ0n) is 13.3. The number of nitrogens with one attached hydrogen (secondary N) is 1. The van der Waals surface area contributed by atoms with Crippen molar-refractivity contribution in [1.29, 1.82) is 0 Å². The lowest BCUT2D eigenvalue weighted by atomic mass is 9.71. The zero-order valence-corrected chi connectivity index (χ0v) is 13.3. The maximum Gasteiger partial charge on any atom is 0.224 e. The maximum atomic E-state index is 11.7. The van der Waals surface area contributed by atoms with Crippen LogP contribution in [0.5, 0.6) is 0 Å². The first kappa shape index (κ1) is 16.0. The third-order valence-electron chi connectivity index (χ3n) is 4.61. The molecule has 21 heavy (non-hydrogen) atoms. The number of hydrogen-bond donors (Lipinski definition) is 2. The molecule has 0 aliphatic heterocycles. The number of nitrogens with two attached hydrogens (primary N) is 1. The average Bonchev–Trinajstić information content (AvgIpc) is 2.46. The van der Waals surface area contributed by atoms with Crippen LogP contribution in [0.15, 0.2) is 24.3 Å². The number of carbonyl (C=O) groups is 1. The van der Waals surface area contributed by atoms with Crippen LogP contribution in [0.3, 0.4) is 0 Å². The first-order valence-electron chi connectivity index (χ1n) is 8.10. The van der Waals surface area contributed by atoms with E-state index in [0.29, 0.717) is 24.3 Å². The second-order valence-corrected chi connectivity index (χ2v) is 7.00. The van der Waals surface area contributed by atoms with Crippen molar-refractivity contribution in [3.8, 4) is 0 Å². The van der Waals surface area contributed by atoms with Crippen LogP contribution >= 0.6 is 0 Å². The van der Waals surface area contributed by atoms with Gasteiger partial charge in [-0.2, -0.15) is 0 Å². The Kier molecular flexibility index (Phi) is 5.40. The molecule has 3 heteroatoms. The average molecular weight is 288 g/mol. The lowest BCUT2D eigenvalue weighted by molar-refractivity contribution is -0.116. The molecule has 1 aromatic carbocycles. The van der Waals surface area contributed by atoms with Crippen molar-refractivity contribution in [2.75, 3.05) is 11.9 Å². The first-order valence-corrected chi connectivity index (χ1v) is 8.10. The molecular weight excluding hydrogens is 260 g/mol. The van der Waals surface area contributed by atoms with E-state index in [2.05, 4.69) is 31.3 Å². The van der Waals surface area contributed by atoms with E-state index in [1.165, 1.54) is 31.2 Å². The number of hydrogen-bond acceptors (Lipinski definition) is 2. The van der Waals surface area contributed by atoms with Crippen LogP contribution < -0.4 is 11.1 Å². The summed E-state index contributed by atoms with van der Waals surface area (Å²) in [6.45, 7) is 5.29. The predicted octanol–water partition coefficient (Wildman–Crippen LogP) is 4.05. The third kappa shape index (κ3) is 4.85. The fourth-order valence-corrected chi connectivity index (χ4v) is 3.06. The van der Waals surface area contributed by atoms with E-state index in [1.54, 1.807) is 0 Å². The van der Waals surface area contributed by atoms with Gasteiger partial charge in [-0.3, -0.25) is 4.79 Å². The predicted molar refractivity (Wildman–Crippen MR) is 88.4 cm³/mol. The Morgan fingerprint density at radius 2 is 1.86 bits per heavy atom. The normalized spacial score (nSPS) is 18.4. The fraction of sp³-hybridized carbons (Fsp3) is 0.611. The molecule has 1 aliphatic carbocycles. The summed E-state index contributed by atoms with van der Waals surface area (Å²) in [5.41, 5.74) is 8.21. The maximum absolute atomic E-state index is 11.7. The van der Waals surface area contributed by atoms with Crippen LogP contribution in [-0.2, 0) is 4.79 Å². The summed E-state index contributed by atoms with van der Waals surface area (Å²) in [6, 6.07) is 8.38. The number of benzene rings is 1. The number of carbonyl (C=O) groups excluding carboxylic acids is 1. The number of anilines is 1. The minimum atomic E-state index is 0.0487. The lowest BCUT2D eigenvalue weighted by Gasteiger charge is -2.34. The Morgan fingerprint density at radius 1 is 1.24 bits per heavy atom. The molecule has 0 aromatic heterocycles. The van der Waals surface area contributed by atoms with E-state index in [1.807, 2.05) is 12.1 Å². The van der Waals surface area contributed by atoms with Gasteiger partial charge in [0.25, 0.3) is 0 Å². The summed E-state index contributed by atoms with van der Waals surface area (Å²) in [7, 11) is 0. The van der Waals surface area contributed by atoms with Gasteiger partial charge in [-0.15, -0.1) is 0 Å². The molecule has 0 spiro atoms. The molecule has 3 nitrogen and oxygen atoms in total. The molecule has 0 radical (unpaired) electrons. The highest BCUT2D eigenvalue weighted by atomic mass is 16.1. The van der Waals surface area contributed by atoms with E-state index in [-0.39, 0.29) is 5.91 Å². The Hall–Kier alpha value is -1.35. The van der Waals surface area contributed by atoms with Crippen molar-refractivity contribution in [2.45, 2.75) is 58.3 Å². The van der Waals surface area contributed by atoms with Crippen molar-refractivity contribution in [3.05, 3.63) is 29.8 Å². The van der Waals surface area contributed by atoms with Gasteiger partial charge in [0.15, 0.2) is 0 Å². The molecule has 0 atom stereocenters. The van der Waals surface area contributed by atoms with Crippen LogP contribution in [0.25, 0.3) is 0 Å². The van der Waals surface area contributed by atoms with E-state index >= 15 is 0 Å². The molecular formula is C18H28N2O. The molecule has 0 unspecified atom stereocenters. The van der Waals surface area contributed by atoms with E-state index < -0.39 is 0 Å². The molecule has 1 fully saturated rings. The topological polar surface area (TPSA) is 55.1 Å². The molecule has 1 aliphatic rings. The highest BCUT2D eigenvalue weighted by molar-refractivity contribution is 5.90. The van der Waals surface area contributed by atoms with Gasteiger partial charge in [-0.1, -0.05) is 26.0 Å². The van der Waals surface area contributed by atoms with Crippen LogP contribution in [-0.4, -0.2) is 12.5 Å². The molecule has 1 saturated carbocycles. The summed E-state index contributed by atoms with van der Waals surface area (Å²) < 4.78 is 0. The zero-order chi connectivity index (χ0) is 15.3. The minimum Gasteiger partial charge on any atom is -0.330 e. The molecule has 0 bridgehead atoms. The first-order chi connectivity index (χ1) is 10.00. The number of amides is 1. The molecule has 1 aromatic rings. The third-order valence-corrected chi connectivity index (χ3v) is 4.61. The lowest BCUT2D eigenvalue weighted by Crippen LogP contribution is -2.20. The Morgan fingerprint density at radius 3 is 2.43 bits per heavy atom. The highest BCUT2D eigenvalue weighted by Crippen LogP contribution is 2.42. The summed E-state index contributed by atoms with van der Waals surface area (Å²) in [5.74, 6) is 0.729. The standard InChI is InChI=1S/C18H28N2O/c1-18(2)11-9-15(10-12-18)14-5-7-16(8-6-14)20-17(21)4-3-13-19/h5-8,15H,3-4,9-13,19H2,1-2H3,(H,20,21). The Bertz CT molecular complexity index is 455. The van der Waals surface area contributed by atoms with Crippen LogP contribution in [0.4, 0.5) is 5.69 Å². The van der Waals surface area contributed by atoms with Crippen molar-refractivity contribution < 1.29 is 4.79 Å². The summed E-state index contributed by atoms with van der Waals surface area (Å²) in [5, 5.41) is 2.93. The van der Waals surface area contributed by atoms with E-state index in [0.717, 1.165) is 12.1 Å². The fourth-order valence-electron chi connectivity index (χ4n) is 3.06. The second kappa shape index (κ2) is 7.08. The van der Waals surface area contributed by atoms with Gasteiger partial charge in [0.05, 0.1) is 0 Å². The smallest absolute Gasteiger partial charge is 0.224 e. The van der Waals surface area contributed by atoms with Crippen LogP contribution in [0, 0.1) is 5.41 Å². The monoisotopic (exact) mass is 288 g/mol. The summed E-state index contributed by atoms with van der Waals surface area (Å²) >= 11 is 0. The number of rotatable bonds is 5. The van der Waals surface area contributed by atoms with Gasteiger partial charge in [-0.05, 0) is 67.7 Å². The van der Waals surface area contributed by atoms with Gasteiger partial charge < -0.3 is 11.1 Å². The SMILES string of the molecule is CC1(C)CCC(c2ccc(NC(=O)CCCN)cc2)CC1. The van der Waals surface area contributed by atoms with Crippen molar-refractivity contribution in [2.24, 2.45) is 11.1 Å². The van der Waals surface area contributed by atoms with Gasteiger partial charge in [0, 0.05) is 12.1 Å². The quantitative estimate of drug-likeness (QED) is 0.859. The van der Waals surface area contributed by atoms with Crippen LogP contribution in [0.1, 0.15) is 63.9 Å². The van der Waals surface area contributed by atoms with Crippen molar-refractivity contribution in [1.82, 2.24) is 0 Å². The van der Waals surface area contributed by atoms with Crippen LogP contribution in [0.2, 0.25) is 0 Å². The van der Waals surface area contributed by atoms with Gasteiger partial charge in [0.2, 0.25) is 5.91 Å². The highest BCUT2D eigenvalue weighted by Gasteiger charge is 2.27. The van der Waals surface area contributed by atoms with E-state index in [9.17, 15) is 4.79 Å². The molecule has 116 valence electrons. The molecule has 2 rings (SSSR count). The second-order valence-electron chi connectivity index (χ2n) is 7.00. The Balaban J connectivity index is 1.89. The largest absolute Gasteiger partial charge is 0.330 e. The minimum absolute atomic E-state index is 0.0487. The van der Waals surface area contributed by atoms with Gasteiger partial charge in [-0.25, -0.2) is 0 Å². The van der Waals surface area contributed by atoms with Crippen molar-refractivity contribution in [3.63, 3.8) is 0 Å².